The highest BCUT2D eigenvalue weighted by Gasteiger charge is 2.25. The van der Waals surface area contributed by atoms with Gasteiger partial charge in [0, 0.05) is 6.08 Å². The maximum Gasteiger partial charge on any atom is 0.360 e. The molecule has 0 aromatic heterocycles. The molecular formula is C29H42O8Si3. The molecule has 0 heterocycles. The van der Waals surface area contributed by atoms with Gasteiger partial charge in [-0.2, -0.15) is 0 Å². The largest absolute Gasteiger partial charge is 0.542 e. The Morgan fingerprint density at radius 2 is 1.18 bits per heavy atom. The Labute approximate surface area is 241 Å². The van der Waals surface area contributed by atoms with Crippen LogP contribution in [0.15, 0.2) is 48.2 Å². The van der Waals surface area contributed by atoms with Crippen LogP contribution < -0.4 is 18.6 Å². The molecule has 11 heteroatoms. The minimum Gasteiger partial charge on any atom is -0.542 e. The fraction of sp³-hybridized carbons (Fsp3) is 0.379. The Balaban J connectivity index is 2.44. The number of carbonyl (C=O) groups excluding carboxylic acids is 2. The Kier molecular flexibility index (Phi) is 11.0. The second-order valence-corrected chi connectivity index (χ2v) is 25.3. The van der Waals surface area contributed by atoms with E-state index in [1.54, 1.807) is 43.5 Å². The minimum atomic E-state index is -2.23. The van der Waals surface area contributed by atoms with Crippen LogP contribution in [0.2, 0.25) is 58.9 Å². The average molecular weight is 603 g/mol. The van der Waals surface area contributed by atoms with Gasteiger partial charge in [-0.25, -0.2) is 9.59 Å². The first-order valence-corrected chi connectivity index (χ1v) is 23.2. The van der Waals surface area contributed by atoms with E-state index in [1.165, 1.54) is 13.2 Å². The molecule has 0 amide bonds. The number of rotatable bonds is 12. The average Bonchev–Trinajstić information content (AvgIpc) is 2.80. The lowest BCUT2D eigenvalue weighted by molar-refractivity contribution is -0.133. The number of ether oxygens (including phenoxy) is 3. The third-order valence-corrected chi connectivity index (χ3v) is 7.17. The van der Waals surface area contributed by atoms with Crippen molar-refractivity contribution < 1.29 is 37.1 Å². The van der Waals surface area contributed by atoms with Crippen molar-refractivity contribution in [2.45, 2.75) is 58.9 Å². The van der Waals surface area contributed by atoms with Crippen LogP contribution >= 0.6 is 0 Å². The summed E-state index contributed by atoms with van der Waals surface area (Å²) in [5.74, 6) is 0.900. The summed E-state index contributed by atoms with van der Waals surface area (Å²) in [6.45, 7) is 17.9. The fourth-order valence-electron chi connectivity index (χ4n) is 3.29. The van der Waals surface area contributed by atoms with Crippen LogP contribution in [0.25, 0.3) is 12.2 Å². The molecule has 0 radical (unpaired) electrons. The Bertz CT molecular complexity index is 1270. The van der Waals surface area contributed by atoms with Gasteiger partial charge in [0.25, 0.3) is 0 Å². The molecule has 40 heavy (non-hydrogen) atoms. The van der Waals surface area contributed by atoms with E-state index in [0.29, 0.717) is 34.1 Å². The zero-order valence-corrected chi connectivity index (χ0v) is 28.5. The monoisotopic (exact) mass is 602 g/mol. The van der Waals surface area contributed by atoms with Crippen molar-refractivity contribution >= 4 is 49.0 Å². The van der Waals surface area contributed by atoms with Gasteiger partial charge in [-0.15, -0.1) is 0 Å². The van der Waals surface area contributed by atoms with Crippen molar-refractivity contribution in [2.75, 3.05) is 14.2 Å². The first-order valence-electron chi connectivity index (χ1n) is 13.0. The standard InChI is InChI=1S/C29H42O8Si3/c1-32-25-18-21(14-17-28(30)36-39(6,7)8)12-15-23(25)34-27(29(31)37-40(9,10)11)20-22-13-16-24(26(19-22)33-2)35-38(3,4)5/h12-20H,1-11H3/b17-14+,27-20+. The first kappa shape index (κ1) is 32.9. The zero-order chi connectivity index (χ0) is 30.3. The van der Waals surface area contributed by atoms with E-state index >= 15 is 0 Å². The molecule has 0 atom stereocenters. The SMILES string of the molecule is COc1cc(/C=C/C(=O)O[Si](C)(C)C)ccc1O/C(=C/c1ccc(O[Si](C)(C)C)c(OC)c1)C(=O)O[Si](C)(C)C. The lowest BCUT2D eigenvalue weighted by Gasteiger charge is -2.21. The van der Waals surface area contributed by atoms with Crippen LogP contribution in [-0.4, -0.2) is 51.1 Å². The highest BCUT2D eigenvalue weighted by atomic mass is 28.4. The molecule has 0 saturated carbocycles. The van der Waals surface area contributed by atoms with Crippen LogP contribution in [-0.2, 0) is 18.4 Å². The van der Waals surface area contributed by atoms with E-state index in [1.807, 2.05) is 51.4 Å². The van der Waals surface area contributed by atoms with E-state index in [4.69, 9.17) is 27.5 Å². The van der Waals surface area contributed by atoms with E-state index in [2.05, 4.69) is 19.6 Å². The van der Waals surface area contributed by atoms with Gasteiger partial charge in [0.05, 0.1) is 14.2 Å². The van der Waals surface area contributed by atoms with Crippen LogP contribution in [0.5, 0.6) is 23.0 Å². The number of hydrogen-bond donors (Lipinski definition) is 0. The summed E-state index contributed by atoms with van der Waals surface area (Å²) in [6, 6.07) is 10.6. The third kappa shape index (κ3) is 11.4. The molecule has 0 spiro atoms. The molecule has 8 nitrogen and oxygen atoms in total. The molecular weight excluding hydrogens is 561 g/mol. The molecule has 0 unspecified atom stereocenters. The van der Waals surface area contributed by atoms with Crippen molar-refractivity contribution in [3.8, 4) is 23.0 Å². The molecule has 0 fully saturated rings. The van der Waals surface area contributed by atoms with Crippen LogP contribution in [0.3, 0.4) is 0 Å². The van der Waals surface area contributed by atoms with Crippen LogP contribution in [0.4, 0.5) is 0 Å². The number of methoxy groups -OCH3 is 2. The summed E-state index contributed by atoms with van der Waals surface area (Å²) in [7, 11) is -3.01. The van der Waals surface area contributed by atoms with Crippen molar-refractivity contribution in [1.29, 1.82) is 0 Å². The topological polar surface area (TPSA) is 89.5 Å². The maximum atomic E-state index is 13.2. The van der Waals surface area contributed by atoms with Gasteiger partial charge in [-0.1, -0.05) is 12.1 Å². The number of benzene rings is 2. The van der Waals surface area contributed by atoms with Crippen molar-refractivity contribution in [1.82, 2.24) is 0 Å². The molecule has 2 aromatic carbocycles. The normalized spacial score (nSPS) is 12.6. The minimum absolute atomic E-state index is 0.0105. The highest BCUT2D eigenvalue weighted by molar-refractivity contribution is 6.72. The Morgan fingerprint density at radius 1 is 0.650 bits per heavy atom. The molecule has 0 N–H and O–H groups in total. The van der Waals surface area contributed by atoms with Gasteiger partial charge in [-0.05, 0) is 106 Å². The maximum absolute atomic E-state index is 13.2. The van der Waals surface area contributed by atoms with Crippen LogP contribution in [0, 0.1) is 0 Å². The first-order chi connectivity index (χ1) is 18.4. The highest BCUT2D eigenvalue weighted by Crippen LogP contribution is 2.33. The lowest BCUT2D eigenvalue weighted by Crippen LogP contribution is -2.31. The van der Waals surface area contributed by atoms with E-state index in [0.717, 1.165) is 0 Å². The van der Waals surface area contributed by atoms with E-state index in [9.17, 15) is 9.59 Å². The summed E-state index contributed by atoms with van der Waals surface area (Å²) in [4.78, 5) is 25.3. The molecule has 218 valence electrons. The number of hydrogen-bond acceptors (Lipinski definition) is 8. The molecule has 0 bridgehead atoms. The van der Waals surface area contributed by atoms with Crippen LogP contribution in [0.1, 0.15) is 11.1 Å². The summed E-state index contributed by atoms with van der Waals surface area (Å²) in [5.41, 5.74) is 1.37. The second kappa shape index (κ2) is 13.4. The Hall–Kier alpha value is -3.29. The van der Waals surface area contributed by atoms with Gasteiger partial charge in [0.1, 0.15) is 5.75 Å². The third-order valence-electron chi connectivity index (χ3n) is 4.73. The van der Waals surface area contributed by atoms with Gasteiger partial charge in [-0.3, -0.25) is 0 Å². The van der Waals surface area contributed by atoms with Gasteiger partial charge >= 0.3 is 11.9 Å². The summed E-state index contributed by atoms with van der Waals surface area (Å²) in [5, 5.41) is 0. The smallest absolute Gasteiger partial charge is 0.360 e. The molecule has 2 aromatic rings. The van der Waals surface area contributed by atoms with Gasteiger partial charge < -0.3 is 27.5 Å². The predicted octanol–water partition coefficient (Wildman–Crippen LogP) is 7.11. The molecule has 2 rings (SSSR count). The van der Waals surface area contributed by atoms with Gasteiger partial charge in [0.15, 0.2) is 17.2 Å². The molecule has 0 aliphatic rings. The van der Waals surface area contributed by atoms with E-state index < -0.39 is 36.9 Å². The summed E-state index contributed by atoms with van der Waals surface area (Å²) >= 11 is 0. The quantitative estimate of drug-likeness (QED) is 0.144. The zero-order valence-electron chi connectivity index (χ0n) is 25.5. The number of carbonyl (C=O) groups is 2. The Morgan fingerprint density at radius 3 is 1.73 bits per heavy atom. The molecule has 0 aliphatic carbocycles. The van der Waals surface area contributed by atoms with Crippen molar-refractivity contribution in [3.05, 3.63) is 59.4 Å². The summed E-state index contributed by atoms with van der Waals surface area (Å²) < 4.78 is 34.5. The fourth-order valence-corrected chi connectivity index (χ4v) is 5.45. The van der Waals surface area contributed by atoms with Crippen molar-refractivity contribution in [3.63, 3.8) is 0 Å². The summed E-state index contributed by atoms with van der Waals surface area (Å²) in [6.07, 6.45) is 4.62. The van der Waals surface area contributed by atoms with Crippen molar-refractivity contribution in [2.24, 2.45) is 0 Å². The predicted molar refractivity (Wildman–Crippen MR) is 166 cm³/mol. The molecule has 0 saturated heterocycles. The molecule has 0 aliphatic heterocycles. The van der Waals surface area contributed by atoms with Gasteiger partial charge in [0.2, 0.25) is 30.7 Å². The van der Waals surface area contributed by atoms with E-state index in [-0.39, 0.29) is 5.76 Å². The second-order valence-electron chi connectivity index (χ2n) is 12.0. The lowest BCUT2D eigenvalue weighted by atomic mass is 10.1.